The largest absolute Gasteiger partial charge is 0.495 e. The van der Waals surface area contributed by atoms with Gasteiger partial charge >= 0.3 is 0 Å². The molecule has 2 aromatic rings. The van der Waals surface area contributed by atoms with Gasteiger partial charge < -0.3 is 14.5 Å². The standard InChI is InChI=1S/C21H27Cl2N7O/c1-31-18-15(12-16(22)13-17(18)23)14-24-28-19-25-20(29-8-4-2-5-9-29)27-21(26-19)30-10-6-3-7-11-30/h12-14H,2-11H2,1H3,(H,25,26,27,28). The van der Waals surface area contributed by atoms with Crippen molar-refractivity contribution in [2.24, 2.45) is 5.10 Å². The molecule has 10 heteroatoms. The summed E-state index contributed by atoms with van der Waals surface area (Å²) in [6.07, 6.45) is 8.71. The van der Waals surface area contributed by atoms with Crippen molar-refractivity contribution in [1.82, 2.24) is 15.0 Å². The van der Waals surface area contributed by atoms with Gasteiger partial charge in [0.2, 0.25) is 17.8 Å². The Morgan fingerprint density at radius 2 is 1.48 bits per heavy atom. The lowest BCUT2D eigenvalue weighted by molar-refractivity contribution is 0.414. The van der Waals surface area contributed by atoms with Gasteiger partial charge in [-0.2, -0.15) is 20.1 Å². The maximum Gasteiger partial charge on any atom is 0.250 e. The van der Waals surface area contributed by atoms with Crippen LogP contribution in [0.2, 0.25) is 10.0 Å². The summed E-state index contributed by atoms with van der Waals surface area (Å²) in [6.45, 7) is 3.85. The monoisotopic (exact) mass is 463 g/mol. The lowest BCUT2D eigenvalue weighted by Gasteiger charge is -2.30. The molecule has 0 unspecified atom stereocenters. The van der Waals surface area contributed by atoms with Crippen molar-refractivity contribution in [3.05, 3.63) is 27.7 Å². The first-order chi connectivity index (χ1) is 15.1. The molecule has 1 aromatic carbocycles. The van der Waals surface area contributed by atoms with Crippen LogP contribution in [-0.4, -0.2) is 54.5 Å². The van der Waals surface area contributed by atoms with Crippen molar-refractivity contribution >= 4 is 47.3 Å². The Kier molecular flexibility index (Phi) is 7.29. The van der Waals surface area contributed by atoms with Gasteiger partial charge in [0.1, 0.15) is 5.75 Å². The first kappa shape index (κ1) is 21.9. The minimum Gasteiger partial charge on any atom is -0.495 e. The Morgan fingerprint density at radius 1 is 0.903 bits per heavy atom. The van der Waals surface area contributed by atoms with Crippen LogP contribution in [0.15, 0.2) is 17.2 Å². The molecule has 0 bridgehead atoms. The lowest BCUT2D eigenvalue weighted by Crippen LogP contribution is -2.34. The predicted octanol–water partition coefficient (Wildman–Crippen LogP) is 4.61. The summed E-state index contributed by atoms with van der Waals surface area (Å²) >= 11 is 12.3. The molecule has 2 fully saturated rings. The van der Waals surface area contributed by atoms with Gasteiger partial charge in [0, 0.05) is 36.8 Å². The molecule has 2 aliphatic rings. The highest BCUT2D eigenvalue weighted by Gasteiger charge is 2.20. The van der Waals surface area contributed by atoms with Gasteiger partial charge in [0.05, 0.1) is 18.3 Å². The van der Waals surface area contributed by atoms with E-state index in [1.54, 1.807) is 25.5 Å². The average Bonchev–Trinajstić information content (AvgIpc) is 2.80. The second-order valence-corrected chi connectivity index (χ2v) is 8.58. The molecule has 166 valence electrons. The van der Waals surface area contributed by atoms with Crippen molar-refractivity contribution in [2.75, 3.05) is 48.5 Å². The number of rotatable bonds is 6. The highest BCUT2D eigenvalue weighted by Crippen LogP contribution is 2.31. The number of aromatic nitrogens is 3. The number of halogens is 2. The second kappa shape index (κ2) is 10.3. The fraction of sp³-hybridized carbons (Fsp3) is 0.524. The van der Waals surface area contributed by atoms with Gasteiger partial charge in [-0.1, -0.05) is 23.2 Å². The zero-order chi connectivity index (χ0) is 21.6. The van der Waals surface area contributed by atoms with E-state index in [1.807, 2.05) is 0 Å². The van der Waals surface area contributed by atoms with Crippen molar-refractivity contribution in [2.45, 2.75) is 38.5 Å². The Bertz CT molecular complexity index is 892. The summed E-state index contributed by atoms with van der Waals surface area (Å²) in [4.78, 5) is 18.5. The molecule has 31 heavy (non-hydrogen) atoms. The van der Waals surface area contributed by atoms with E-state index in [2.05, 4.69) is 30.3 Å². The van der Waals surface area contributed by atoms with E-state index in [-0.39, 0.29) is 0 Å². The molecule has 0 amide bonds. The first-order valence-electron chi connectivity index (χ1n) is 10.7. The molecule has 0 spiro atoms. The summed E-state index contributed by atoms with van der Waals surface area (Å²) in [5.41, 5.74) is 3.62. The van der Waals surface area contributed by atoms with Gasteiger partial charge in [-0.25, -0.2) is 5.43 Å². The number of methoxy groups -OCH3 is 1. The summed E-state index contributed by atoms with van der Waals surface area (Å²) in [6, 6.07) is 3.37. The van der Waals surface area contributed by atoms with Gasteiger partial charge in [-0.3, -0.25) is 0 Å². The van der Waals surface area contributed by atoms with E-state index in [0.717, 1.165) is 51.9 Å². The fourth-order valence-corrected chi connectivity index (χ4v) is 4.51. The number of ether oxygens (including phenoxy) is 1. The smallest absolute Gasteiger partial charge is 0.250 e. The van der Waals surface area contributed by atoms with Gasteiger partial charge in [0.15, 0.2) is 0 Å². The highest BCUT2D eigenvalue weighted by molar-refractivity contribution is 6.36. The molecule has 2 saturated heterocycles. The van der Waals surface area contributed by atoms with E-state index in [1.165, 1.54) is 12.8 Å². The zero-order valence-corrected chi connectivity index (χ0v) is 19.2. The predicted molar refractivity (Wildman–Crippen MR) is 126 cm³/mol. The zero-order valence-electron chi connectivity index (χ0n) is 17.7. The van der Waals surface area contributed by atoms with Crippen LogP contribution in [0.3, 0.4) is 0 Å². The number of piperidine rings is 2. The number of benzene rings is 1. The SMILES string of the molecule is COc1c(Cl)cc(Cl)cc1C=NNc1nc(N2CCCCC2)nc(N2CCCCC2)n1. The maximum atomic E-state index is 6.21. The number of hydrogen-bond acceptors (Lipinski definition) is 8. The fourth-order valence-electron chi connectivity index (χ4n) is 3.93. The van der Waals surface area contributed by atoms with E-state index in [9.17, 15) is 0 Å². The van der Waals surface area contributed by atoms with Crippen LogP contribution >= 0.6 is 23.2 Å². The van der Waals surface area contributed by atoms with Gasteiger partial charge in [0.25, 0.3) is 0 Å². The topological polar surface area (TPSA) is 78.8 Å². The molecule has 1 N–H and O–H groups in total. The summed E-state index contributed by atoms with van der Waals surface area (Å²) < 4.78 is 5.37. The van der Waals surface area contributed by atoms with Crippen LogP contribution in [0.4, 0.5) is 17.8 Å². The van der Waals surface area contributed by atoms with Crippen LogP contribution in [0.5, 0.6) is 5.75 Å². The van der Waals surface area contributed by atoms with Crippen LogP contribution in [0, 0.1) is 0 Å². The second-order valence-electron chi connectivity index (χ2n) is 7.73. The van der Waals surface area contributed by atoms with Crippen molar-refractivity contribution in [3.63, 3.8) is 0 Å². The summed E-state index contributed by atoms with van der Waals surface area (Å²) in [5, 5.41) is 5.25. The average molecular weight is 464 g/mol. The third-order valence-corrected chi connectivity index (χ3v) is 6.00. The van der Waals surface area contributed by atoms with Crippen LogP contribution in [0.25, 0.3) is 0 Å². The molecule has 8 nitrogen and oxygen atoms in total. The van der Waals surface area contributed by atoms with Gasteiger partial charge in [-0.05, 0) is 50.7 Å². The molecule has 0 aliphatic carbocycles. The number of nitrogens with one attached hydrogen (secondary N) is 1. The first-order valence-corrected chi connectivity index (χ1v) is 11.5. The maximum absolute atomic E-state index is 6.21. The molecule has 3 heterocycles. The Labute approximate surface area is 192 Å². The molecule has 0 atom stereocenters. The number of hydrogen-bond donors (Lipinski definition) is 1. The van der Waals surface area contributed by atoms with Crippen molar-refractivity contribution < 1.29 is 4.74 Å². The van der Waals surface area contributed by atoms with Gasteiger partial charge in [-0.15, -0.1) is 0 Å². The van der Waals surface area contributed by atoms with Crippen molar-refractivity contribution in [3.8, 4) is 5.75 Å². The molecular weight excluding hydrogens is 437 g/mol. The Morgan fingerprint density at radius 3 is 2.03 bits per heavy atom. The Balaban J connectivity index is 1.58. The Hall–Kier alpha value is -2.32. The van der Waals surface area contributed by atoms with Crippen LogP contribution in [-0.2, 0) is 0 Å². The van der Waals surface area contributed by atoms with Crippen molar-refractivity contribution in [1.29, 1.82) is 0 Å². The minimum absolute atomic E-state index is 0.416. The molecule has 4 rings (SSSR count). The number of nitrogens with zero attached hydrogens (tertiary/aromatic N) is 6. The highest BCUT2D eigenvalue weighted by atomic mass is 35.5. The van der Waals surface area contributed by atoms with Crippen LogP contribution in [0.1, 0.15) is 44.1 Å². The van der Waals surface area contributed by atoms with Crippen LogP contribution < -0.4 is 20.0 Å². The quantitative estimate of drug-likeness (QED) is 0.494. The van der Waals surface area contributed by atoms with E-state index < -0.39 is 0 Å². The normalized spacial score (nSPS) is 17.3. The molecular formula is C21H27Cl2N7O. The number of hydrazone groups is 1. The third kappa shape index (κ3) is 5.49. The third-order valence-electron chi connectivity index (χ3n) is 5.50. The molecule has 1 aromatic heterocycles. The molecule has 2 aliphatic heterocycles. The molecule has 0 radical (unpaired) electrons. The summed E-state index contributed by atoms with van der Waals surface area (Å²) in [5.74, 6) is 2.34. The molecule has 0 saturated carbocycles. The lowest BCUT2D eigenvalue weighted by atomic mass is 10.1. The minimum atomic E-state index is 0.416. The summed E-state index contributed by atoms with van der Waals surface area (Å²) in [7, 11) is 1.56. The van der Waals surface area contributed by atoms with E-state index >= 15 is 0 Å². The van der Waals surface area contributed by atoms with E-state index in [0.29, 0.717) is 39.2 Å². The number of anilines is 3. The van der Waals surface area contributed by atoms with E-state index in [4.69, 9.17) is 32.9 Å².